The molecular formula is C24H20ClN5O3S. The van der Waals surface area contributed by atoms with Gasteiger partial charge in [-0.3, -0.25) is 4.79 Å². The number of hydrogen-bond donors (Lipinski definition) is 3. The van der Waals surface area contributed by atoms with E-state index in [1.807, 2.05) is 6.07 Å². The number of aliphatic hydroxyl groups is 1. The van der Waals surface area contributed by atoms with Crippen LogP contribution < -0.4 is 4.74 Å². The fourth-order valence-corrected chi connectivity index (χ4v) is 4.63. The van der Waals surface area contributed by atoms with Gasteiger partial charge < -0.3 is 19.8 Å². The lowest BCUT2D eigenvalue weighted by Crippen LogP contribution is -2.16. The van der Waals surface area contributed by atoms with Gasteiger partial charge in [-0.25, -0.2) is 15.0 Å². The molecule has 0 aliphatic heterocycles. The van der Waals surface area contributed by atoms with Crippen LogP contribution >= 0.6 is 23.4 Å². The molecule has 34 heavy (non-hydrogen) atoms. The van der Waals surface area contributed by atoms with Gasteiger partial charge in [0.05, 0.1) is 22.4 Å². The summed E-state index contributed by atoms with van der Waals surface area (Å²) in [6, 6.07) is 10.8. The van der Waals surface area contributed by atoms with Crippen molar-refractivity contribution in [1.29, 1.82) is 0 Å². The van der Waals surface area contributed by atoms with Gasteiger partial charge in [-0.05, 0) is 44.2 Å². The second-order valence-electron chi connectivity index (χ2n) is 8.21. The smallest absolute Gasteiger partial charge is 0.321 e. The van der Waals surface area contributed by atoms with Crippen molar-refractivity contribution in [1.82, 2.24) is 24.9 Å². The number of carbonyl (C=O) groups is 1. The summed E-state index contributed by atoms with van der Waals surface area (Å²) in [6.07, 6.45) is 4.90. The molecule has 2 aromatic carbocycles. The number of H-pyrrole nitrogens is 2. The molecule has 5 rings (SSSR count). The summed E-state index contributed by atoms with van der Waals surface area (Å²) in [5, 5.41) is 12.4. The average molecular weight is 494 g/mol. The maximum atomic E-state index is 13.0. The van der Waals surface area contributed by atoms with Crippen molar-refractivity contribution < 1.29 is 14.6 Å². The molecule has 0 unspecified atom stereocenters. The van der Waals surface area contributed by atoms with Gasteiger partial charge in [0, 0.05) is 51.7 Å². The highest BCUT2D eigenvalue weighted by Gasteiger charge is 2.23. The van der Waals surface area contributed by atoms with E-state index in [2.05, 4.69) is 24.9 Å². The minimum absolute atomic E-state index is 0.0440. The number of halogens is 1. The molecule has 0 fully saturated rings. The van der Waals surface area contributed by atoms with E-state index >= 15 is 0 Å². The summed E-state index contributed by atoms with van der Waals surface area (Å²) in [5.74, 6) is 0.712. The minimum Gasteiger partial charge on any atom is -0.424 e. The Kier molecular flexibility index (Phi) is 5.76. The molecular weight excluding hydrogens is 474 g/mol. The lowest BCUT2D eigenvalue weighted by molar-refractivity contribution is 0.0800. The number of thioether (sulfide) groups is 1. The number of ether oxygens (including phenoxy) is 1. The number of rotatable bonds is 7. The van der Waals surface area contributed by atoms with Gasteiger partial charge in [-0.15, -0.1) is 0 Å². The standard InChI is InChI=1S/C24H20ClN5O3S/c1-24(2,32)17-8-13(25)9-19-21(17)30-23(29-19)34-12-20(31)16-11-28-18-10-14(4-5-15(16)18)33-22-26-6-3-7-27-22/h3-11,28,32H,12H2,1-2H3,(H,29,30). The SMILES string of the molecule is CC(C)(O)c1cc(Cl)cc2[nH]c(SCC(=O)c3c[nH]c4cc(Oc5ncccn5)ccc34)nc12. The van der Waals surface area contributed by atoms with Gasteiger partial charge in [-0.2, -0.15) is 0 Å². The zero-order chi connectivity index (χ0) is 23.9. The molecule has 0 aliphatic carbocycles. The van der Waals surface area contributed by atoms with E-state index in [1.165, 1.54) is 11.8 Å². The molecule has 172 valence electrons. The number of nitrogens with zero attached hydrogens (tertiary/aromatic N) is 3. The highest BCUT2D eigenvalue weighted by molar-refractivity contribution is 7.99. The average Bonchev–Trinajstić information content (AvgIpc) is 3.40. The fraction of sp³-hybridized carbons (Fsp3) is 0.167. The maximum Gasteiger partial charge on any atom is 0.321 e. The quantitative estimate of drug-likeness (QED) is 0.203. The topological polar surface area (TPSA) is 117 Å². The van der Waals surface area contributed by atoms with Crippen LogP contribution in [-0.4, -0.2) is 41.6 Å². The van der Waals surface area contributed by atoms with E-state index in [9.17, 15) is 9.90 Å². The number of hydrogen-bond acceptors (Lipinski definition) is 7. The molecule has 8 nitrogen and oxygen atoms in total. The number of imidazole rings is 1. The minimum atomic E-state index is -1.10. The van der Waals surface area contributed by atoms with Crippen LogP contribution in [0.25, 0.3) is 21.9 Å². The van der Waals surface area contributed by atoms with Gasteiger partial charge in [-0.1, -0.05) is 23.4 Å². The lowest BCUT2D eigenvalue weighted by atomic mass is 9.97. The zero-order valence-corrected chi connectivity index (χ0v) is 19.9. The molecule has 0 atom stereocenters. The monoisotopic (exact) mass is 493 g/mol. The van der Waals surface area contributed by atoms with Crippen molar-refractivity contribution in [2.24, 2.45) is 0 Å². The first-order valence-electron chi connectivity index (χ1n) is 10.4. The van der Waals surface area contributed by atoms with Crippen molar-refractivity contribution >= 4 is 51.1 Å². The van der Waals surface area contributed by atoms with Crippen LogP contribution in [0.5, 0.6) is 11.8 Å². The Morgan fingerprint density at radius 3 is 2.74 bits per heavy atom. The van der Waals surface area contributed by atoms with Crippen LogP contribution in [0.2, 0.25) is 5.02 Å². The van der Waals surface area contributed by atoms with E-state index in [4.69, 9.17) is 16.3 Å². The molecule has 3 aromatic heterocycles. The first kappa shape index (κ1) is 22.4. The van der Waals surface area contributed by atoms with Gasteiger partial charge in [0.15, 0.2) is 10.9 Å². The Hall–Kier alpha value is -3.40. The molecule has 0 saturated carbocycles. The Balaban J connectivity index is 1.33. The lowest BCUT2D eigenvalue weighted by Gasteiger charge is -2.18. The van der Waals surface area contributed by atoms with E-state index in [-0.39, 0.29) is 17.5 Å². The van der Waals surface area contributed by atoms with E-state index < -0.39 is 5.60 Å². The number of fused-ring (bicyclic) bond motifs is 2. The molecule has 0 radical (unpaired) electrons. The van der Waals surface area contributed by atoms with Crippen molar-refractivity contribution in [3.05, 3.63) is 71.1 Å². The van der Waals surface area contributed by atoms with E-state index in [0.29, 0.717) is 38.1 Å². The maximum absolute atomic E-state index is 13.0. The Labute approximate surface area is 203 Å². The number of aromatic amines is 2. The largest absolute Gasteiger partial charge is 0.424 e. The first-order valence-corrected chi connectivity index (χ1v) is 11.8. The third-order valence-electron chi connectivity index (χ3n) is 5.23. The fourth-order valence-electron chi connectivity index (χ4n) is 3.65. The summed E-state index contributed by atoms with van der Waals surface area (Å²) in [5.41, 5.74) is 2.22. The first-order chi connectivity index (χ1) is 16.3. The molecule has 3 heterocycles. The Bertz CT molecular complexity index is 1510. The zero-order valence-electron chi connectivity index (χ0n) is 18.3. The van der Waals surface area contributed by atoms with Gasteiger partial charge >= 0.3 is 6.01 Å². The highest BCUT2D eigenvalue weighted by Crippen LogP contribution is 2.33. The summed E-state index contributed by atoms with van der Waals surface area (Å²) in [4.78, 5) is 32.0. The molecule has 0 spiro atoms. The summed E-state index contributed by atoms with van der Waals surface area (Å²) < 4.78 is 5.66. The Morgan fingerprint density at radius 1 is 1.18 bits per heavy atom. The third-order valence-corrected chi connectivity index (χ3v) is 6.33. The number of aromatic nitrogens is 5. The molecule has 3 N–H and O–H groups in total. The molecule has 0 saturated heterocycles. The molecule has 0 amide bonds. The van der Waals surface area contributed by atoms with Crippen LogP contribution in [0, 0.1) is 0 Å². The second kappa shape index (κ2) is 8.75. The number of Topliss-reactive ketones (excluding diaryl/α,β-unsaturated/α-hetero) is 1. The highest BCUT2D eigenvalue weighted by atomic mass is 35.5. The molecule has 0 bridgehead atoms. The number of ketones is 1. The molecule has 0 aliphatic rings. The van der Waals surface area contributed by atoms with Crippen molar-refractivity contribution in [3.63, 3.8) is 0 Å². The predicted octanol–water partition coefficient (Wildman–Crippen LogP) is 5.48. The van der Waals surface area contributed by atoms with Gasteiger partial charge in [0.25, 0.3) is 0 Å². The van der Waals surface area contributed by atoms with Crippen LogP contribution in [0.15, 0.2) is 60.1 Å². The van der Waals surface area contributed by atoms with Crippen molar-refractivity contribution in [2.45, 2.75) is 24.6 Å². The Morgan fingerprint density at radius 2 is 1.97 bits per heavy atom. The van der Waals surface area contributed by atoms with Crippen LogP contribution in [0.4, 0.5) is 0 Å². The van der Waals surface area contributed by atoms with E-state index in [0.717, 1.165) is 10.9 Å². The summed E-state index contributed by atoms with van der Waals surface area (Å²) in [6.45, 7) is 3.37. The molecule has 10 heteroatoms. The summed E-state index contributed by atoms with van der Waals surface area (Å²) in [7, 11) is 0. The normalized spacial score (nSPS) is 11.9. The van der Waals surface area contributed by atoms with Gasteiger partial charge in [0.1, 0.15) is 5.75 Å². The van der Waals surface area contributed by atoms with Crippen molar-refractivity contribution in [2.75, 3.05) is 5.75 Å². The van der Waals surface area contributed by atoms with E-state index in [1.54, 1.807) is 62.8 Å². The summed E-state index contributed by atoms with van der Waals surface area (Å²) >= 11 is 7.50. The third kappa shape index (κ3) is 4.50. The predicted molar refractivity (Wildman–Crippen MR) is 132 cm³/mol. The number of carbonyl (C=O) groups excluding carboxylic acids is 1. The van der Waals surface area contributed by atoms with Crippen molar-refractivity contribution in [3.8, 4) is 11.8 Å². The van der Waals surface area contributed by atoms with Crippen LogP contribution in [0.3, 0.4) is 0 Å². The van der Waals surface area contributed by atoms with Crippen LogP contribution in [0.1, 0.15) is 29.8 Å². The number of nitrogens with one attached hydrogen (secondary N) is 2. The van der Waals surface area contributed by atoms with Crippen LogP contribution in [-0.2, 0) is 5.60 Å². The second-order valence-corrected chi connectivity index (χ2v) is 9.61. The molecule has 5 aromatic rings. The van der Waals surface area contributed by atoms with Gasteiger partial charge in [0.2, 0.25) is 0 Å². The number of benzene rings is 2.